The first-order valence-electron chi connectivity index (χ1n) is 8.01. The maximum Gasteiger partial charge on any atom is 0.191 e. The topological polar surface area (TPSA) is 63.0 Å². The predicted octanol–water partition coefficient (Wildman–Crippen LogP) is 2.33. The Morgan fingerprint density at radius 1 is 1.43 bits per heavy atom. The molecule has 1 fully saturated rings. The minimum absolute atomic E-state index is 0.298. The van der Waals surface area contributed by atoms with Crippen molar-refractivity contribution in [2.24, 2.45) is 4.99 Å². The van der Waals surface area contributed by atoms with Crippen molar-refractivity contribution in [2.45, 2.75) is 32.4 Å². The van der Waals surface area contributed by atoms with Crippen molar-refractivity contribution >= 4 is 27.5 Å². The second kappa shape index (κ2) is 7.79. The van der Waals surface area contributed by atoms with E-state index in [4.69, 9.17) is 4.74 Å². The largest absolute Gasteiger partial charge is 0.376 e. The van der Waals surface area contributed by atoms with Gasteiger partial charge in [0.15, 0.2) is 5.96 Å². The van der Waals surface area contributed by atoms with Crippen molar-refractivity contribution in [3.05, 3.63) is 34.7 Å². The molecule has 3 heterocycles. The number of rotatable bonds is 5. The van der Waals surface area contributed by atoms with E-state index in [2.05, 4.69) is 43.5 Å². The van der Waals surface area contributed by atoms with E-state index >= 15 is 0 Å². The molecule has 0 bridgehead atoms. The third-order valence-corrected chi connectivity index (χ3v) is 4.20. The zero-order chi connectivity index (χ0) is 16.1. The van der Waals surface area contributed by atoms with Crippen LogP contribution in [0.25, 0.3) is 5.65 Å². The lowest BCUT2D eigenvalue weighted by Crippen LogP contribution is -2.41. The average Bonchev–Trinajstić information content (AvgIpc) is 3.18. The zero-order valence-corrected chi connectivity index (χ0v) is 14.8. The van der Waals surface area contributed by atoms with Gasteiger partial charge in [0.05, 0.1) is 18.3 Å². The zero-order valence-electron chi connectivity index (χ0n) is 13.3. The second-order valence-electron chi connectivity index (χ2n) is 5.56. The first-order valence-corrected chi connectivity index (χ1v) is 8.81. The Kier molecular flexibility index (Phi) is 5.51. The van der Waals surface area contributed by atoms with Crippen LogP contribution in [0.15, 0.2) is 34.0 Å². The predicted molar refractivity (Wildman–Crippen MR) is 94.7 cm³/mol. The van der Waals surface area contributed by atoms with Crippen LogP contribution in [0, 0.1) is 0 Å². The van der Waals surface area contributed by atoms with Crippen LogP contribution in [-0.2, 0) is 11.3 Å². The van der Waals surface area contributed by atoms with Crippen LogP contribution < -0.4 is 10.6 Å². The van der Waals surface area contributed by atoms with Gasteiger partial charge < -0.3 is 19.8 Å². The van der Waals surface area contributed by atoms with Crippen molar-refractivity contribution in [3.63, 3.8) is 0 Å². The average molecular weight is 380 g/mol. The van der Waals surface area contributed by atoms with Gasteiger partial charge in [0.2, 0.25) is 0 Å². The molecule has 0 aromatic carbocycles. The molecule has 7 heteroatoms. The van der Waals surface area contributed by atoms with Gasteiger partial charge in [-0.25, -0.2) is 9.98 Å². The molecule has 6 nitrogen and oxygen atoms in total. The van der Waals surface area contributed by atoms with Crippen LogP contribution in [-0.4, -0.2) is 41.1 Å². The van der Waals surface area contributed by atoms with Gasteiger partial charge in [0, 0.05) is 36.6 Å². The van der Waals surface area contributed by atoms with E-state index in [1.165, 1.54) is 0 Å². The van der Waals surface area contributed by atoms with Crippen molar-refractivity contribution in [2.75, 3.05) is 19.7 Å². The van der Waals surface area contributed by atoms with Gasteiger partial charge in [-0.3, -0.25) is 0 Å². The summed E-state index contributed by atoms with van der Waals surface area (Å²) in [4.78, 5) is 9.19. The molecular weight excluding hydrogens is 358 g/mol. The number of guanidine groups is 1. The Morgan fingerprint density at radius 3 is 3.13 bits per heavy atom. The summed E-state index contributed by atoms with van der Waals surface area (Å²) in [6, 6.07) is 3.97. The number of hydrogen-bond acceptors (Lipinski definition) is 3. The van der Waals surface area contributed by atoms with E-state index in [9.17, 15) is 0 Å². The van der Waals surface area contributed by atoms with Gasteiger partial charge >= 0.3 is 0 Å². The number of imidazole rings is 1. The van der Waals surface area contributed by atoms with Crippen LogP contribution in [0.2, 0.25) is 0 Å². The lowest BCUT2D eigenvalue weighted by atomic mass is 10.2. The standard InChI is InChI=1S/C16H22BrN5O/c1-2-18-16(20-9-14-4-3-7-23-14)19-8-13-11-22-10-12(17)5-6-15(22)21-13/h5-6,10-11,14H,2-4,7-9H2,1H3,(H2,18,19,20). The first-order chi connectivity index (χ1) is 11.2. The molecule has 1 atom stereocenters. The lowest BCUT2D eigenvalue weighted by Gasteiger charge is -2.14. The number of aliphatic imine (C=N–C) groups is 1. The Balaban J connectivity index is 1.63. The minimum atomic E-state index is 0.298. The van der Waals surface area contributed by atoms with Gasteiger partial charge in [-0.05, 0) is 47.8 Å². The van der Waals surface area contributed by atoms with Crippen LogP contribution in [0.5, 0.6) is 0 Å². The van der Waals surface area contributed by atoms with E-state index in [1.54, 1.807) is 0 Å². The van der Waals surface area contributed by atoms with E-state index < -0.39 is 0 Å². The third kappa shape index (κ3) is 4.45. The maximum absolute atomic E-state index is 5.63. The molecule has 0 amide bonds. The first kappa shape index (κ1) is 16.3. The summed E-state index contributed by atoms with van der Waals surface area (Å²) in [6.45, 7) is 5.10. The van der Waals surface area contributed by atoms with Crippen molar-refractivity contribution in [3.8, 4) is 0 Å². The van der Waals surface area contributed by atoms with Gasteiger partial charge in [-0.15, -0.1) is 0 Å². The Labute approximate surface area is 144 Å². The van der Waals surface area contributed by atoms with Crippen LogP contribution in [0.4, 0.5) is 0 Å². The minimum Gasteiger partial charge on any atom is -0.376 e. The monoisotopic (exact) mass is 379 g/mol. The number of pyridine rings is 1. The van der Waals surface area contributed by atoms with E-state index in [0.717, 1.165) is 54.3 Å². The number of nitrogens with one attached hydrogen (secondary N) is 2. The molecule has 1 unspecified atom stereocenters. The van der Waals surface area contributed by atoms with Crippen molar-refractivity contribution in [1.29, 1.82) is 0 Å². The van der Waals surface area contributed by atoms with E-state index in [1.807, 2.05) is 28.9 Å². The van der Waals surface area contributed by atoms with Crippen molar-refractivity contribution in [1.82, 2.24) is 20.0 Å². The molecule has 23 heavy (non-hydrogen) atoms. The van der Waals surface area contributed by atoms with Crippen LogP contribution in [0.3, 0.4) is 0 Å². The summed E-state index contributed by atoms with van der Waals surface area (Å²) in [5.41, 5.74) is 1.87. The molecule has 0 radical (unpaired) electrons. The summed E-state index contributed by atoms with van der Waals surface area (Å²) in [7, 11) is 0. The fraction of sp³-hybridized carbons (Fsp3) is 0.500. The number of ether oxygens (including phenoxy) is 1. The van der Waals surface area contributed by atoms with E-state index in [-0.39, 0.29) is 0 Å². The van der Waals surface area contributed by atoms with Gasteiger partial charge in [-0.1, -0.05) is 0 Å². The van der Waals surface area contributed by atoms with E-state index in [0.29, 0.717) is 12.6 Å². The molecule has 2 N–H and O–H groups in total. The third-order valence-electron chi connectivity index (χ3n) is 3.73. The molecule has 3 rings (SSSR count). The highest BCUT2D eigenvalue weighted by Crippen LogP contribution is 2.13. The number of aromatic nitrogens is 2. The smallest absolute Gasteiger partial charge is 0.191 e. The number of fused-ring (bicyclic) bond motifs is 1. The number of nitrogens with zero attached hydrogens (tertiary/aromatic N) is 3. The van der Waals surface area contributed by atoms with Crippen LogP contribution in [0.1, 0.15) is 25.5 Å². The fourth-order valence-corrected chi connectivity index (χ4v) is 2.96. The normalized spacial score (nSPS) is 18.5. The Hall–Kier alpha value is -1.60. The highest BCUT2D eigenvalue weighted by molar-refractivity contribution is 9.10. The molecule has 1 aliphatic heterocycles. The molecule has 124 valence electrons. The summed E-state index contributed by atoms with van der Waals surface area (Å²) >= 11 is 3.47. The van der Waals surface area contributed by atoms with Gasteiger partial charge in [0.1, 0.15) is 5.65 Å². The maximum atomic E-state index is 5.63. The molecule has 0 aliphatic carbocycles. The number of hydrogen-bond donors (Lipinski definition) is 2. The van der Waals surface area contributed by atoms with Crippen LogP contribution >= 0.6 is 15.9 Å². The SMILES string of the molecule is CCNC(=NCc1cn2cc(Br)ccc2n1)NCC1CCCO1. The van der Waals surface area contributed by atoms with Gasteiger partial charge in [0.25, 0.3) is 0 Å². The second-order valence-corrected chi connectivity index (χ2v) is 6.47. The molecule has 1 saturated heterocycles. The molecular formula is C16H22BrN5O. The highest BCUT2D eigenvalue weighted by Gasteiger charge is 2.15. The molecule has 2 aromatic rings. The van der Waals surface area contributed by atoms with Crippen molar-refractivity contribution < 1.29 is 4.74 Å². The number of halogens is 1. The highest BCUT2D eigenvalue weighted by atomic mass is 79.9. The molecule has 2 aromatic heterocycles. The lowest BCUT2D eigenvalue weighted by molar-refractivity contribution is 0.114. The summed E-state index contributed by atoms with van der Waals surface area (Å²) in [5, 5.41) is 6.61. The molecule has 0 saturated carbocycles. The fourth-order valence-electron chi connectivity index (χ4n) is 2.61. The van der Waals surface area contributed by atoms with Gasteiger partial charge in [-0.2, -0.15) is 0 Å². The summed E-state index contributed by atoms with van der Waals surface area (Å²) < 4.78 is 8.66. The Bertz CT molecular complexity index is 678. The molecule has 0 spiro atoms. The summed E-state index contributed by atoms with van der Waals surface area (Å²) in [5.74, 6) is 0.807. The quantitative estimate of drug-likeness (QED) is 0.618. The summed E-state index contributed by atoms with van der Waals surface area (Å²) in [6.07, 6.45) is 6.57. The molecule has 1 aliphatic rings. The Morgan fingerprint density at radius 2 is 2.35 bits per heavy atom.